The number of benzene rings is 3. The molecule has 0 bridgehead atoms. The fraction of sp³-hybridized carbons (Fsp3) is 0. The van der Waals surface area contributed by atoms with Gasteiger partial charge in [0.15, 0.2) is 9.79 Å². The van der Waals surface area contributed by atoms with Crippen LogP contribution in [0.25, 0.3) is 0 Å². The summed E-state index contributed by atoms with van der Waals surface area (Å²) in [5.41, 5.74) is 0. The van der Waals surface area contributed by atoms with Gasteiger partial charge in [0.05, 0.1) is 15.8 Å². The Kier molecular flexibility index (Phi) is 14.8. The van der Waals surface area contributed by atoms with Crippen molar-refractivity contribution in [3.63, 3.8) is 0 Å². The van der Waals surface area contributed by atoms with E-state index in [0.29, 0.717) is 0 Å². The number of hydrogen-bond donors (Lipinski definition) is 0. The Balaban J connectivity index is 0. The van der Waals surface area contributed by atoms with E-state index in [2.05, 4.69) is 78.9 Å². The van der Waals surface area contributed by atoms with Crippen molar-refractivity contribution in [1.29, 1.82) is 0 Å². The van der Waals surface area contributed by atoms with Crippen molar-refractivity contribution < 1.29 is 62.2 Å². The Labute approximate surface area is 191 Å². The maximum atomic E-state index is 3.10. The Morgan fingerprint density at radius 1 is 0.565 bits per heavy atom. The molecular formula is C20H20SU2. The van der Waals surface area contributed by atoms with Crippen LogP contribution in [0.2, 0.25) is 0 Å². The van der Waals surface area contributed by atoms with Gasteiger partial charge in [-0.15, -0.1) is 12.1 Å². The molecule has 23 heavy (non-hydrogen) atoms. The predicted molar refractivity (Wildman–Crippen MR) is 93.2 cm³/mol. The van der Waals surface area contributed by atoms with E-state index in [1.807, 2.05) is 12.1 Å². The topological polar surface area (TPSA) is 0 Å². The molecule has 3 aromatic rings. The second kappa shape index (κ2) is 13.4. The van der Waals surface area contributed by atoms with E-state index in [9.17, 15) is 0 Å². The number of hydrogen-bond acceptors (Lipinski definition) is 0. The molecule has 3 aromatic carbocycles. The van der Waals surface area contributed by atoms with E-state index >= 15 is 0 Å². The van der Waals surface area contributed by atoms with Crippen molar-refractivity contribution in [1.82, 2.24) is 0 Å². The zero-order valence-electron chi connectivity index (χ0n) is 13.5. The van der Waals surface area contributed by atoms with Crippen LogP contribution in [0.5, 0.6) is 0 Å². The molecule has 0 radical (unpaired) electrons. The van der Waals surface area contributed by atoms with Gasteiger partial charge in [-0.05, 0) is 24.3 Å². The Hall–Kier alpha value is 0.114. The van der Waals surface area contributed by atoms with Crippen LogP contribution in [-0.2, 0) is 10.9 Å². The zero-order valence-corrected chi connectivity index (χ0v) is 22.6. The quantitative estimate of drug-likeness (QED) is 0.245. The molecule has 3 rings (SSSR count). The first-order valence-corrected chi connectivity index (χ1v) is 7.48. The SMILES string of the molecule is [CH3-].[CH3-].[U+2].[U].[c-]1ccc([S+](c2ccccc2)c2ccccc2)cc1. The number of rotatable bonds is 3. The second-order valence-electron chi connectivity index (χ2n) is 4.17. The summed E-state index contributed by atoms with van der Waals surface area (Å²) in [7, 11) is -0.0346. The average molecular weight is 769 g/mol. The Bertz CT molecular complexity index is 534. The predicted octanol–water partition coefficient (Wildman–Crippen LogP) is 5.48. The first-order chi connectivity index (χ1) is 9.45. The van der Waals surface area contributed by atoms with E-state index in [1.54, 1.807) is 0 Å². The van der Waals surface area contributed by atoms with Crippen molar-refractivity contribution in [3.8, 4) is 0 Å². The summed E-state index contributed by atoms with van der Waals surface area (Å²) in [4.78, 5) is 4.02. The van der Waals surface area contributed by atoms with Gasteiger partial charge in [0.1, 0.15) is 0 Å². The van der Waals surface area contributed by atoms with Gasteiger partial charge in [-0.1, -0.05) is 36.4 Å². The van der Waals surface area contributed by atoms with Crippen molar-refractivity contribution in [3.05, 3.63) is 106 Å². The Morgan fingerprint density at radius 2 is 0.913 bits per heavy atom. The largest absolute Gasteiger partial charge is 2.00 e. The molecule has 3 heteroatoms. The fourth-order valence-electron chi connectivity index (χ4n) is 2.03. The molecular weight excluding hydrogens is 748 g/mol. The summed E-state index contributed by atoms with van der Waals surface area (Å²) < 4.78 is 0. The van der Waals surface area contributed by atoms with E-state index in [0.717, 1.165) is 0 Å². The molecule has 0 nitrogen and oxygen atoms in total. The van der Waals surface area contributed by atoms with Crippen LogP contribution in [0.4, 0.5) is 0 Å². The molecule has 0 atom stereocenters. The van der Waals surface area contributed by atoms with E-state index in [1.165, 1.54) is 14.7 Å². The normalized spacial score (nSPS) is 8.74. The zero-order chi connectivity index (χ0) is 12.9. The summed E-state index contributed by atoms with van der Waals surface area (Å²) in [6, 6.07) is 32.7. The van der Waals surface area contributed by atoms with Crippen molar-refractivity contribution in [2.75, 3.05) is 0 Å². The molecule has 0 unspecified atom stereocenters. The maximum absolute atomic E-state index is 3.10. The molecule has 0 aliphatic carbocycles. The van der Waals surface area contributed by atoms with Crippen molar-refractivity contribution in [2.24, 2.45) is 0 Å². The average Bonchev–Trinajstić information content (AvgIpc) is 2.51. The third kappa shape index (κ3) is 6.86. The van der Waals surface area contributed by atoms with Gasteiger partial charge in [0.25, 0.3) is 0 Å². The molecule has 0 fully saturated rings. The Morgan fingerprint density at radius 3 is 1.30 bits per heavy atom. The van der Waals surface area contributed by atoms with Gasteiger partial charge in [-0.25, -0.2) is 0 Å². The molecule has 0 N–H and O–H groups in total. The third-order valence-electron chi connectivity index (χ3n) is 2.88. The van der Waals surface area contributed by atoms with E-state index < -0.39 is 0 Å². The molecule has 0 aromatic heterocycles. The van der Waals surface area contributed by atoms with E-state index in [-0.39, 0.29) is 88.0 Å². The van der Waals surface area contributed by atoms with Gasteiger partial charge in [-0.2, -0.15) is 18.2 Å². The summed E-state index contributed by atoms with van der Waals surface area (Å²) in [5.74, 6) is 0. The monoisotopic (exact) mass is 768 g/mol. The van der Waals surface area contributed by atoms with Gasteiger partial charge in [-0.3, -0.25) is 0 Å². The first kappa shape index (κ1) is 25.4. The summed E-state index contributed by atoms with van der Waals surface area (Å²) in [5, 5.41) is 0. The van der Waals surface area contributed by atoms with Crippen molar-refractivity contribution in [2.45, 2.75) is 14.7 Å². The van der Waals surface area contributed by atoms with Crippen LogP contribution in [0, 0.1) is 83.1 Å². The molecule has 0 saturated carbocycles. The van der Waals surface area contributed by atoms with Gasteiger partial charge in [0.2, 0.25) is 0 Å². The smallest absolute Gasteiger partial charge is 0.358 e. The minimum absolute atomic E-state index is 0. The summed E-state index contributed by atoms with van der Waals surface area (Å²) in [6.07, 6.45) is 0. The van der Waals surface area contributed by atoms with Crippen LogP contribution < -0.4 is 0 Å². The van der Waals surface area contributed by atoms with Gasteiger partial charge in [0, 0.05) is 31.1 Å². The van der Waals surface area contributed by atoms with Gasteiger partial charge < -0.3 is 14.9 Å². The van der Waals surface area contributed by atoms with E-state index in [4.69, 9.17) is 0 Å². The first-order valence-electron chi connectivity index (χ1n) is 6.26. The third-order valence-corrected chi connectivity index (χ3v) is 5.11. The minimum atomic E-state index is -0.0346. The molecule has 0 saturated heterocycles. The summed E-state index contributed by atoms with van der Waals surface area (Å²) in [6.45, 7) is 0. The van der Waals surface area contributed by atoms with Crippen LogP contribution in [-0.4, -0.2) is 0 Å². The molecule has 0 heterocycles. The minimum Gasteiger partial charge on any atom is -0.358 e. The fourth-order valence-corrected chi connectivity index (χ4v) is 4.11. The second-order valence-corrected chi connectivity index (χ2v) is 6.19. The molecule has 0 aliphatic rings. The van der Waals surface area contributed by atoms with Crippen LogP contribution >= 0.6 is 0 Å². The van der Waals surface area contributed by atoms with Gasteiger partial charge >= 0.3 is 31.1 Å². The maximum Gasteiger partial charge on any atom is 2.00 e. The van der Waals surface area contributed by atoms with Crippen LogP contribution in [0.3, 0.4) is 0 Å². The molecule has 114 valence electrons. The standard InChI is InChI=1S/C18H14S.2CH3.2U/c1-4-10-16(11-5-1)19(17-12-6-2-7-13-17)18-14-8-3-9-15-18;;;;/h1-2,4-15H;2*1H3;;/q;2*-1;;+2. The van der Waals surface area contributed by atoms with Crippen LogP contribution in [0.15, 0.2) is 99.6 Å². The van der Waals surface area contributed by atoms with Crippen LogP contribution in [0.1, 0.15) is 0 Å². The summed E-state index contributed by atoms with van der Waals surface area (Å²) >= 11 is 0. The molecule has 0 spiro atoms. The molecule has 0 amide bonds. The molecule has 0 aliphatic heterocycles. The van der Waals surface area contributed by atoms with Crippen molar-refractivity contribution >= 4 is 10.9 Å².